The molecule has 7 heteroatoms. The van der Waals surface area contributed by atoms with Gasteiger partial charge in [0.05, 0.1) is 5.02 Å². The molecule has 1 heterocycles. The van der Waals surface area contributed by atoms with Crippen LogP contribution in [0.25, 0.3) is 0 Å². The molecule has 0 fully saturated rings. The summed E-state index contributed by atoms with van der Waals surface area (Å²) >= 11 is 11.8. The molecule has 98 valence electrons. The van der Waals surface area contributed by atoms with Crippen molar-refractivity contribution in [2.75, 3.05) is 0 Å². The average Bonchev–Trinajstić information content (AvgIpc) is 2.30. The fraction of sp³-hybridized carbons (Fsp3) is 0.0833. The van der Waals surface area contributed by atoms with Crippen molar-refractivity contribution < 1.29 is 0 Å². The van der Waals surface area contributed by atoms with Crippen molar-refractivity contribution in [3.05, 3.63) is 60.3 Å². The van der Waals surface area contributed by atoms with Crippen molar-refractivity contribution in [2.24, 2.45) is 4.99 Å². The largest absolute Gasteiger partial charge is 0.326 e. The third kappa shape index (κ3) is 3.13. The van der Waals surface area contributed by atoms with Gasteiger partial charge in [-0.05, 0) is 19.1 Å². The lowest BCUT2D eigenvalue weighted by molar-refractivity contribution is 0.992. The molecular formula is C12H9Cl2N3O2. The van der Waals surface area contributed by atoms with Crippen molar-refractivity contribution in [3.63, 3.8) is 0 Å². The molecule has 0 bridgehead atoms. The highest BCUT2D eigenvalue weighted by atomic mass is 35.5. The van der Waals surface area contributed by atoms with Crippen LogP contribution in [0.2, 0.25) is 10.0 Å². The van der Waals surface area contributed by atoms with E-state index in [-0.39, 0.29) is 5.69 Å². The van der Waals surface area contributed by atoms with Crippen molar-refractivity contribution in [1.82, 2.24) is 9.97 Å². The summed E-state index contributed by atoms with van der Waals surface area (Å²) in [7, 11) is 0. The Morgan fingerprint density at radius 3 is 2.58 bits per heavy atom. The molecule has 0 spiro atoms. The first-order chi connectivity index (χ1) is 8.97. The van der Waals surface area contributed by atoms with Crippen LogP contribution in [-0.2, 0) is 0 Å². The van der Waals surface area contributed by atoms with E-state index in [0.717, 1.165) is 0 Å². The molecular weight excluding hydrogens is 289 g/mol. The van der Waals surface area contributed by atoms with E-state index in [1.54, 1.807) is 25.1 Å². The van der Waals surface area contributed by atoms with Gasteiger partial charge in [-0.3, -0.25) is 9.78 Å². The standard InChI is InChI=1S/C12H9Cl2N3O2/c1-6-10(11(18)17-12(19)16-6)15-5-7-2-3-8(13)4-9(7)14/h2-5H,1H3,(H2,16,17,18,19)/b15-5+. The van der Waals surface area contributed by atoms with E-state index in [1.165, 1.54) is 6.21 Å². The number of halogens is 2. The Bertz CT molecular complexity index is 762. The van der Waals surface area contributed by atoms with Gasteiger partial charge in [0.2, 0.25) is 0 Å². The van der Waals surface area contributed by atoms with Gasteiger partial charge in [-0.1, -0.05) is 29.3 Å². The number of aliphatic imine (C=N–C) groups is 1. The Kier molecular flexibility index (Phi) is 3.87. The highest BCUT2D eigenvalue weighted by Crippen LogP contribution is 2.20. The summed E-state index contributed by atoms with van der Waals surface area (Å²) < 4.78 is 0. The second kappa shape index (κ2) is 5.42. The highest BCUT2D eigenvalue weighted by Gasteiger charge is 2.04. The van der Waals surface area contributed by atoms with E-state index in [9.17, 15) is 9.59 Å². The summed E-state index contributed by atoms with van der Waals surface area (Å²) in [6.45, 7) is 1.59. The van der Waals surface area contributed by atoms with Crippen molar-refractivity contribution in [3.8, 4) is 0 Å². The van der Waals surface area contributed by atoms with Crippen LogP contribution in [0.1, 0.15) is 11.3 Å². The molecule has 0 saturated heterocycles. The van der Waals surface area contributed by atoms with E-state index < -0.39 is 11.2 Å². The van der Waals surface area contributed by atoms with E-state index in [0.29, 0.717) is 21.3 Å². The molecule has 0 radical (unpaired) electrons. The molecule has 0 aliphatic carbocycles. The second-order valence-corrected chi connectivity index (χ2v) is 4.65. The fourth-order valence-corrected chi connectivity index (χ4v) is 1.95. The van der Waals surface area contributed by atoms with Crippen LogP contribution >= 0.6 is 23.2 Å². The summed E-state index contributed by atoms with van der Waals surface area (Å²) in [6.07, 6.45) is 1.44. The van der Waals surface area contributed by atoms with E-state index in [2.05, 4.69) is 15.0 Å². The maximum absolute atomic E-state index is 11.6. The lowest BCUT2D eigenvalue weighted by Crippen LogP contribution is -2.22. The minimum atomic E-state index is -0.564. The SMILES string of the molecule is Cc1[nH]c(=O)[nH]c(=O)c1/N=C/c1ccc(Cl)cc1Cl. The molecule has 5 nitrogen and oxygen atoms in total. The van der Waals surface area contributed by atoms with Gasteiger partial charge >= 0.3 is 5.69 Å². The van der Waals surface area contributed by atoms with Crippen molar-refractivity contribution >= 4 is 35.1 Å². The summed E-state index contributed by atoms with van der Waals surface area (Å²) in [5.41, 5.74) is 0.0188. The highest BCUT2D eigenvalue weighted by molar-refractivity contribution is 6.36. The zero-order valence-corrected chi connectivity index (χ0v) is 11.3. The number of hydrogen-bond donors (Lipinski definition) is 2. The van der Waals surface area contributed by atoms with Crippen LogP contribution in [-0.4, -0.2) is 16.2 Å². The molecule has 2 aromatic rings. The first-order valence-corrected chi connectivity index (χ1v) is 6.05. The average molecular weight is 298 g/mol. The predicted molar refractivity (Wildman–Crippen MR) is 76.1 cm³/mol. The van der Waals surface area contributed by atoms with Gasteiger partial charge in [0.25, 0.3) is 5.56 Å². The molecule has 2 N–H and O–H groups in total. The van der Waals surface area contributed by atoms with Crippen molar-refractivity contribution in [2.45, 2.75) is 6.92 Å². The fourth-order valence-electron chi connectivity index (χ4n) is 1.49. The van der Waals surface area contributed by atoms with E-state index in [1.807, 2.05) is 0 Å². The van der Waals surface area contributed by atoms with Crippen LogP contribution < -0.4 is 11.2 Å². The summed E-state index contributed by atoms with van der Waals surface area (Å²) in [5.74, 6) is 0. The number of rotatable bonds is 2. The molecule has 0 saturated carbocycles. The summed E-state index contributed by atoms with van der Waals surface area (Å²) in [6, 6.07) is 4.93. The molecule has 0 atom stereocenters. The van der Waals surface area contributed by atoms with Crippen molar-refractivity contribution in [1.29, 1.82) is 0 Å². The molecule has 0 aliphatic rings. The number of benzene rings is 1. The third-order valence-electron chi connectivity index (χ3n) is 2.39. The van der Waals surface area contributed by atoms with Crippen LogP contribution in [0, 0.1) is 6.92 Å². The number of H-pyrrole nitrogens is 2. The minimum Gasteiger partial charge on any atom is -0.309 e. The Labute approximate surface area is 117 Å². The van der Waals surface area contributed by atoms with Gasteiger partial charge in [-0.2, -0.15) is 0 Å². The van der Waals surface area contributed by atoms with Gasteiger partial charge in [0.1, 0.15) is 5.69 Å². The monoisotopic (exact) mass is 297 g/mol. The number of aryl methyl sites for hydroxylation is 1. The Morgan fingerprint density at radius 1 is 1.21 bits per heavy atom. The second-order valence-electron chi connectivity index (χ2n) is 3.81. The maximum Gasteiger partial charge on any atom is 0.326 e. The summed E-state index contributed by atoms with van der Waals surface area (Å²) in [5, 5.41) is 0.940. The molecule has 0 unspecified atom stereocenters. The van der Waals surface area contributed by atoms with Crippen LogP contribution in [0.15, 0.2) is 32.8 Å². The molecule has 0 aliphatic heterocycles. The van der Waals surface area contributed by atoms with E-state index >= 15 is 0 Å². The van der Waals surface area contributed by atoms with Gasteiger partial charge in [0, 0.05) is 22.5 Å². The molecule has 19 heavy (non-hydrogen) atoms. The number of aromatic amines is 2. The number of nitrogens with one attached hydrogen (secondary N) is 2. The Hall–Kier alpha value is -1.85. The number of hydrogen-bond acceptors (Lipinski definition) is 3. The van der Waals surface area contributed by atoms with Crippen LogP contribution in [0.5, 0.6) is 0 Å². The molecule has 1 aromatic heterocycles. The Morgan fingerprint density at radius 2 is 1.95 bits per heavy atom. The maximum atomic E-state index is 11.6. The summed E-state index contributed by atoms with van der Waals surface area (Å²) in [4.78, 5) is 31.2. The molecule has 0 amide bonds. The predicted octanol–water partition coefficient (Wildman–Crippen LogP) is 2.43. The molecule has 2 rings (SSSR count). The van der Waals surface area contributed by atoms with E-state index in [4.69, 9.17) is 23.2 Å². The zero-order valence-electron chi connectivity index (χ0n) is 9.83. The first kappa shape index (κ1) is 13.6. The Balaban J connectivity index is 2.44. The van der Waals surface area contributed by atoms with Gasteiger partial charge in [0.15, 0.2) is 0 Å². The minimum absolute atomic E-state index is 0.130. The lowest BCUT2D eigenvalue weighted by Gasteiger charge is -2.00. The molecule has 1 aromatic carbocycles. The quantitative estimate of drug-likeness (QED) is 0.835. The van der Waals surface area contributed by atoms with Crippen LogP contribution in [0.3, 0.4) is 0 Å². The number of aromatic nitrogens is 2. The van der Waals surface area contributed by atoms with Gasteiger partial charge in [-0.25, -0.2) is 9.79 Å². The smallest absolute Gasteiger partial charge is 0.309 e. The first-order valence-electron chi connectivity index (χ1n) is 5.29. The number of nitrogens with zero attached hydrogens (tertiary/aromatic N) is 1. The topological polar surface area (TPSA) is 78.1 Å². The zero-order chi connectivity index (χ0) is 14.0. The van der Waals surface area contributed by atoms with Gasteiger partial charge in [-0.15, -0.1) is 0 Å². The normalized spacial score (nSPS) is 11.1. The van der Waals surface area contributed by atoms with Gasteiger partial charge < -0.3 is 4.98 Å². The lowest BCUT2D eigenvalue weighted by atomic mass is 10.2. The third-order valence-corrected chi connectivity index (χ3v) is 2.96. The van der Waals surface area contributed by atoms with Crippen LogP contribution in [0.4, 0.5) is 5.69 Å².